The van der Waals surface area contributed by atoms with Gasteiger partial charge in [-0.05, 0) is 26.0 Å². The van der Waals surface area contributed by atoms with Crippen molar-refractivity contribution in [2.75, 3.05) is 19.8 Å². The first-order chi connectivity index (χ1) is 13.1. The van der Waals surface area contributed by atoms with Gasteiger partial charge in [-0.25, -0.2) is 4.98 Å². The first kappa shape index (κ1) is 19.8. The number of rotatable bonds is 9. The Hall–Kier alpha value is -1.93. The number of carbonyl (C=O) groups excluding carboxylic acids is 1. The molecule has 6 nitrogen and oxygen atoms in total. The van der Waals surface area contributed by atoms with Crippen molar-refractivity contribution in [3.8, 4) is 11.3 Å². The lowest BCUT2D eigenvalue weighted by atomic mass is 10.2. The SMILES string of the molecule is CCOC(CNC(=O)Cc1csc2nc(-c3ccc(Cl)cc3)cn12)OCC. The van der Waals surface area contributed by atoms with Crippen LogP contribution in [0.25, 0.3) is 16.2 Å². The Kier molecular flexibility index (Phi) is 6.84. The molecule has 0 saturated heterocycles. The molecule has 1 amide bonds. The summed E-state index contributed by atoms with van der Waals surface area (Å²) in [5.74, 6) is -0.0825. The highest BCUT2D eigenvalue weighted by Crippen LogP contribution is 2.25. The average molecular weight is 408 g/mol. The molecule has 1 N–H and O–H groups in total. The minimum atomic E-state index is -0.420. The number of amides is 1. The van der Waals surface area contributed by atoms with Crippen LogP contribution >= 0.6 is 22.9 Å². The third kappa shape index (κ3) is 5.07. The quantitative estimate of drug-likeness (QED) is 0.548. The third-order valence-corrected chi connectivity index (χ3v) is 5.08. The van der Waals surface area contributed by atoms with Crippen molar-refractivity contribution in [3.05, 3.63) is 46.6 Å². The Balaban J connectivity index is 1.66. The molecule has 2 heterocycles. The van der Waals surface area contributed by atoms with Gasteiger partial charge in [0.1, 0.15) is 0 Å². The maximum absolute atomic E-state index is 12.3. The van der Waals surface area contributed by atoms with Crippen LogP contribution in [0.4, 0.5) is 0 Å². The number of hydrogen-bond donors (Lipinski definition) is 1. The van der Waals surface area contributed by atoms with Crippen LogP contribution < -0.4 is 5.32 Å². The van der Waals surface area contributed by atoms with Crippen molar-refractivity contribution < 1.29 is 14.3 Å². The van der Waals surface area contributed by atoms with E-state index in [0.717, 1.165) is 21.9 Å². The minimum Gasteiger partial charge on any atom is -0.351 e. The van der Waals surface area contributed by atoms with Crippen LogP contribution in [-0.2, 0) is 20.7 Å². The van der Waals surface area contributed by atoms with E-state index in [2.05, 4.69) is 10.3 Å². The van der Waals surface area contributed by atoms with Gasteiger partial charge in [0.05, 0.1) is 18.7 Å². The van der Waals surface area contributed by atoms with E-state index in [-0.39, 0.29) is 12.3 Å². The number of hydrogen-bond acceptors (Lipinski definition) is 5. The van der Waals surface area contributed by atoms with Gasteiger partial charge in [0, 0.05) is 41.1 Å². The molecule has 8 heteroatoms. The minimum absolute atomic E-state index is 0.0825. The molecule has 144 valence electrons. The van der Waals surface area contributed by atoms with Crippen LogP contribution in [0.2, 0.25) is 5.02 Å². The van der Waals surface area contributed by atoms with Gasteiger partial charge < -0.3 is 14.8 Å². The summed E-state index contributed by atoms with van der Waals surface area (Å²) in [4.78, 5) is 17.8. The number of fused-ring (bicyclic) bond motifs is 1. The molecule has 2 aromatic heterocycles. The fourth-order valence-electron chi connectivity index (χ4n) is 2.68. The van der Waals surface area contributed by atoms with Crippen LogP contribution in [0.3, 0.4) is 0 Å². The van der Waals surface area contributed by atoms with Crippen molar-refractivity contribution in [3.63, 3.8) is 0 Å². The Morgan fingerprint density at radius 2 is 1.96 bits per heavy atom. The summed E-state index contributed by atoms with van der Waals surface area (Å²) in [6, 6.07) is 7.54. The van der Waals surface area contributed by atoms with E-state index in [0.29, 0.717) is 24.8 Å². The molecule has 3 aromatic rings. The summed E-state index contributed by atoms with van der Waals surface area (Å²) in [7, 11) is 0. The number of halogens is 1. The zero-order chi connectivity index (χ0) is 19.2. The lowest BCUT2D eigenvalue weighted by Crippen LogP contribution is -2.36. The highest BCUT2D eigenvalue weighted by Gasteiger charge is 2.14. The van der Waals surface area contributed by atoms with Gasteiger partial charge in [-0.3, -0.25) is 9.20 Å². The molecule has 27 heavy (non-hydrogen) atoms. The van der Waals surface area contributed by atoms with Crippen molar-refractivity contribution >= 4 is 33.8 Å². The summed E-state index contributed by atoms with van der Waals surface area (Å²) in [5.41, 5.74) is 2.74. The number of imidazole rings is 1. The van der Waals surface area contributed by atoms with Crippen LogP contribution in [-0.4, -0.2) is 41.3 Å². The van der Waals surface area contributed by atoms with Gasteiger partial charge in [-0.1, -0.05) is 23.7 Å². The van der Waals surface area contributed by atoms with Gasteiger partial charge in [0.25, 0.3) is 0 Å². The Morgan fingerprint density at radius 3 is 2.63 bits per heavy atom. The predicted molar refractivity (Wildman–Crippen MR) is 107 cm³/mol. The first-order valence-corrected chi connectivity index (χ1v) is 10.1. The average Bonchev–Trinajstić information content (AvgIpc) is 3.23. The number of benzene rings is 1. The normalized spacial score (nSPS) is 11.4. The summed E-state index contributed by atoms with van der Waals surface area (Å²) in [6.45, 7) is 5.19. The van der Waals surface area contributed by atoms with Crippen LogP contribution in [0.5, 0.6) is 0 Å². The van der Waals surface area contributed by atoms with Crippen LogP contribution in [0, 0.1) is 0 Å². The highest BCUT2D eigenvalue weighted by molar-refractivity contribution is 7.15. The fourth-order valence-corrected chi connectivity index (χ4v) is 3.68. The molecule has 0 radical (unpaired) electrons. The second kappa shape index (κ2) is 9.32. The molecule has 0 unspecified atom stereocenters. The van der Waals surface area contributed by atoms with Gasteiger partial charge in [-0.15, -0.1) is 11.3 Å². The summed E-state index contributed by atoms with van der Waals surface area (Å²) in [6.07, 6.45) is 1.79. The molecular formula is C19H22ClN3O3S. The molecule has 3 rings (SSSR count). The molecule has 0 aliphatic rings. The van der Waals surface area contributed by atoms with E-state index in [1.807, 2.05) is 54.1 Å². The molecule has 0 spiro atoms. The molecule has 0 aliphatic heterocycles. The number of nitrogens with zero attached hydrogens (tertiary/aromatic N) is 2. The van der Waals surface area contributed by atoms with Crippen molar-refractivity contribution in [1.82, 2.24) is 14.7 Å². The van der Waals surface area contributed by atoms with E-state index in [4.69, 9.17) is 21.1 Å². The molecule has 0 atom stereocenters. The molecule has 0 aliphatic carbocycles. The van der Waals surface area contributed by atoms with Gasteiger partial charge >= 0.3 is 0 Å². The first-order valence-electron chi connectivity index (χ1n) is 8.82. The second-order valence-corrected chi connectivity index (χ2v) is 7.11. The predicted octanol–water partition coefficient (Wildman–Crippen LogP) is 3.77. The number of thiazole rings is 1. The largest absolute Gasteiger partial charge is 0.351 e. The smallest absolute Gasteiger partial charge is 0.226 e. The third-order valence-electron chi connectivity index (χ3n) is 3.94. The summed E-state index contributed by atoms with van der Waals surface area (Å²) < 4.78 is 12.8. The van der Waals surface area contributed by atoms with Gasteiger partial charge in [0.15, 0.2) is 11.3 Å². The Bertz CT molecular complexity index is 885. The number of nitrogens with one attached hydrogen (secondary N) is 1. The molecule has 1 aromatic carbocycles. The number of aromatic nitrogens is 2. The summed E-state index contributed by atoms with van der Waals surface area (Å²) in [5, 5.41) is 5.51. The number of carbonyl (C=O) groups is 1. The maximum Gasteiger partial charge on any atom is 0.226 e. The fraction of sp³-hybridized carbons (Fsp3) is 0.368. The molecule has 0 fully saturated rings. The standard InChI is InChI=1S/C19H22ClN3O3S/c1-3-25-18(26-4-2)10-21-17(24)9-15-12-27-19-22-16(11-23(15)19)13-5-7-14(20)8-6-13/h5-8,11-12,18H,3-4,9-10H2,1-2H3,(H,21,24). The summed E-state index contributed by atoms with van der Waals surface area (Å²) >= 11 is 7.46. The maximum atomic E-state index is 12.3. The molecule has 0 saturated carbocycles. The Morgan fingerprint density at radius 1 is 1.26 bits per heavy atom. The van der Waals surface area contributed by atoms with E-state index >= 15 is 0 Å². The Labute approximate surface area is 167 Å². The van der Waals surface area contributed by atoms with Gasteiger partial charge in [-0.2, -0.15) is 0 Å². The van der Waals surface area contributed by atoms with E-state index in [1.165, 1.54) is 11.3 Å². The van der Waals surface area contributed by atoms with Crippen LogP contribution in [0.1, 0.15) is 19.5 Å². The van der Waals surface area contributed by atoms with E-state index < -0.39 is 6.29 Å². The van der Waals surface area contributed by atoms with Crippen molar-refractivity contribution in [1.29, 1.82) is 0 Å². The molecular weight excluding hydrogens is 386 g/mol. The lowest BCUT2D eigenvalue weighted by molar-refractivity contribution is -0.140. The van der Waals surface area contributed by atoms with Gasteiger partial charge in [0.2, 0.25) is 5.91 Å². The zero-order valence-corrected chi connectivity index (χ0v) is 16.8. The number of ether oxygens (including phenoxy) is 2. The van der Waals surface area contributed by atoms with Crippen LogP contribution in [0.15, 0.2) is 35.8 Å². The van der Waals surface area contributed by atoms with Crippen molar-refractivity contribution in [2.45, 2.75) is 26.6 Å². The van der Waals surface area contributed by atoms with E-state index in [1.54, 1.807) is 0 Å². The lowest BCUT2D eigenvalue weighted by Gasteiger charge is -2.17. The molecule has 0 bridgehead atoms. The highest BCUT2D eigenvalue weighted by atomic mass is 35.5. The van der Waals surface area contributed by atoms with E-state index in [9.17, 15) is 4.79 Å². The second-order valence-electron chi connectivity index (χ2n) is 5.83. The van der Waals surface area contributed by atoms with Crippen molar-refractivity contribution in [2.24, 2.45) is 0 Å². The topological polar surface area (TPSA) is 64.9 Å². The monoisotopic (exact) mass is 407 g/mol. The zero-order valence-electron chi connectivity index (χ0n) is 15.3.